The maximum absolute atomic E-state index is 12.5. The van der Waals surface area contributed by atoms with Gasteiger partial charge in [-0.3, -0.25) is 4.79 Å². The summed E-state index contributed by atoms with van der Waals surface area (Å²) in [4.78, 5) is 14.6. The summed E-state index contributed by atoms with van der Waals surface area (Å²) in [6, 6.07) is 9.71. The van der Waals surface area contributed by atoms with E-state index < -0.39 is 0 Å². The van der Waals surface area contributed by atoms with Gasteiger partial charge in [0, 0.05) is 25.6 Å². The SMILES string of the molecule is CC(C)(C)C1CCCN(C(=O)CC(N)c2ccccc2)CC1. The molecule has 1 saturated heterocycles. The predicted molar refractivity (Wildman–Crippen MR) is 91.4 cm³/mol. The van der Waals surface area contributed by atoms with Crippen LogP contribution in [0.2, 0.25) is 0 Å². The van der Waals surface area contributed by atoms with Crippen LogP contribution in [0.4, 0.5) is 0 Å². The van der Waals surface area contributed by atoms with Crippen molar-refractivity contribution in [3.05, 3.63) is 35.9 Å². The minimum absolute atomic E-state index is 0.199. The molecule has 1 aromatic rings. The Labute approximate surface area is 134 Å². The lowest BCUT2D eigenvalue weighted by Crippen LogP contribution is -2.34. The number of nitrogens with two attached hydrogens (primary N) is 1. The maximum Gasteiger partial charge on any atom is 0.224 e. The zero-order chi connectivity index (χ0) is 16.2. The first kappa shape index (κ1) is 17.0. The number of carbonyl (C=O) groups excluding carboxylic acids is 1. The number of benzene rings is 1. The third-order valence-electron chi connectivity index (χ3n) is 4.93. The van der Waals surface area contributed by atoms with Gasteiger partial charge in [-0.25, -0.2) is 0 Å². The standard InChI is InChI=1S/C19H30N2O/c1-19(2,3)16-10-7-12-21(13-11-16)18(22)14-17(20)15-8-5-4-6-9-15/h4-6,8-9,16-17H,7,10-14,20H2,1-3H3. The summed E-state index contributed by atoms with van der Waals surface area (Å²) in [6.07, 6.45) is 3.84. The van der Waals surface area contributed by atoms with E-state index >= 15 is 0 Å². The molecule has 122 valence electrons. The number of hydrogen-bond donors (Lipinski definition) is 1. The average molecular weight is 302 g/mol. The fourth-order valence-electron chi connectivity index (χ4n) is 3.35. The van der Waals surface area contributed by atoms with Gasteiger partial charge in [0.15, 0.2) is 0 Å². The Kier molecular flexibility index (Phi) is 5.63. The van der Waals surface area contributed by atoms with Crippen molar-refractivity contribution in [2.75, 3.05) is 13.1 Å². The van der Waals surface area contributed by atoms with Crippen molar-refractivity contribution in [2.45, 2.75) is 52.5 Å². The highest BCUT2D eigenvalue weighted by Gasteiger charge is 2.28. The molecule has 0 saturated carbocycles. The van der Waals surface area contributed by atoms with E-state index in [2.05, 4.69) is 20.8 Å². The molecule has 1 aliphatic rings. The van der Waals surface area contributed by atoms with Gasteiger partial charge < -0.3 is 10.6 Å². The van der Waals surface area contributed by atoms with Crippen molar-refractivity contribution in [2.24, 2.45) is 17.1 Å². The van der Waals surface area contributed by atoms with Crippen molar-refractivity contribution in [1.82, 2.24) is 4.90 Å². The molecule has 1 fully saturated rings. The van der Waals surface area contributed by atoms with E-state index in [1.165, 1.54) is 6.42 Å². The molecule has 3 heteroatoms. The third kappa shape index (κ3) is 4.57. The second kappa shape index (κ2) is 7.28. The Morgan fingerprint density at radius 1 is 1.23 bits per heavy atom. The van der Waals surface area contributed by atoms with E-state index in [1.807, 2.05) is 35.2 Å². The van der Waals surface area contributed by atoms with Gasteiger partial charge in [0.25, 0.3) is 0 Å². The Hall–Kier alpha value is -1.35. The zero-order valence-electron chi connectivity index (χ0n) is 14.2. The first-order valence-electron chi connectivity index (χ1n) is 8.46. The minimum atomic E-state index is -0.199. The van der Waals surface area contributed by atoms with E-state index in [9.17, 15) is 4.79 Å². The Balaban J connectivity index is 1.90. The molecule has 1 aliphatic heterocycles. The summed E-state index contributed by atoms with van der Waals surface area (Å²) in [5.74, 6) is 0.902. The van der Waals surface area contributed by atoms with Crippen LogP contribution in [0, 0.1) is 11.3 Å². The smallest absolute Gasteiger partial charge is 0.224 e. The molecular formula is C19H30N2O. The molecule has 0 radical (unpaired) electrons. The Bertz CT molecular complexity index is 478. The fourth-order valence-corrected chi connectivity index (χ4v) is 3.35. The van der Waals surface area contributed by atoms with Gasteiger partial charge in [-0.2, -0.15) is 0 Å². The highest BCUT2D eigenvalue weighted by Crippen LogP contribution is 2.34. The quantitative estimate of drug-likeness (QED) is 0.924. The van der Waals surface area contributed by atoms with Gasteiger partial charge in [0.2, 0.25) is 5.91 Å². The summed E-state index contributed by atoms with van der Waals surface area (Å²) in [7, 11) is 0. The number of nitrogens with zero attached hydrogens (tertiary/aromatic N) is 1. The van der Waals surface area contributed by atoms with E-state index in [0.29, 0.717) is 17.8 Å². The molecular weight excluding hydrogens is 272 g/mol. The lowest BCUT2D eigenvalue weighted by molar-refractivity contribution is -0.131. The minimum Gasteiger partial charge on any atom is -0.343 e. The molecule has 2 unspecified atom stereocenters. The Morgan fingerprint density at radius 2 is 1.91 bits per heavy atom. The molecule has 2 rings (SSSR count). The monoisotopic (exact) mass is 302 g/mol. The number of carbonyl (C=O) groups is 1. The van der Waals surface area contributed by atoms with Crippen LogP contribution in [0.5, 0.6) is 0 Å². The van der Waals surface area contributed by atoms with E-state index in [-0.39, 0.29) is 11.9 Å². The normalized spacial score (nSPS) is 21.3. The fraction of sp³-hybridized carbons (Fsp3) is 0.632. The summed E-state index contributed by atoms with van der Waals surface area (Å²) in [6.45, 7) is 8.68. The molecule has 0 spiro atoms. The molecule has 1 aromatic carbocycles. The van der Waals surface area contributed by atoms with E-state index in [1.54, 1.807) is 0 Å². The van der Waals surface area contributed by atoms with Crippen LogP contribution in [0.15, 0.2) is 30.3 Å². The van der Waals surface area contributed by atoms with Crippen molar-refractivity contribution in [3.63, 3.8) is 0 Å². The lowest BCUT2D eigenvalue weighted by Gasteiger charge is -2.30. The molecule has 2 N–H and O–H groups in total. The van der Waals surface area contributed by atoms with Crippen LogP contribution in [0.1, 0.15) is 58.1 Å². The third-order valence-corrected chi connectivity index (χ3v) is 4.93. The second-order valence-electron chi connectivity index (χ2n) is 7.60. The highest BCUT2D eigenvalue weighted by molar-refractivity contribution is 5.77. The van der Waals surface area contributed by atoms with Crippen LogP contribution in [0.3, 0.4) is 0 Å². The summed E-state index contributed by atoms with van der Waals surface area (Å²) < 4.78 is 0. The maximum atomic E-state index is 12.5. The predicted octanol–water partition coefficient (Wildman–Crippen LogP) is 3.75. The summed E-state index contributed by atoms with van der Waals surface area (Å²) in [5.41, 5.74) is 7.56. The molecule has 2 atom stereocenters. The molecule has 22 heavy (non-hydrogen) atoms. The number of likely N-dealkylation sites (tertiary alicyclic amines) is 1. The van der Waals surface area contributed by atoms with E-state index in [0.717, 1.165) is 31.5 Å². The lowest BCUT2D eigenvalue weighted by atomic mass is 9.77. The van der Waals surface area contributed by atoms with Gasteiger partial charge in [0.05, 0.1) is 0 Å². The van der Waals surface area contributed by atoms with Crippen LogP contribution in [-0.4, -0.2) is 23.9 Å². The molecule has 3 nitrogen and oxygen atoms in total. The first-order valence-corrected chi connectivity index (χ1v) is 8.46. The molecule has 0 aliphatic carbocycles. The summed E-state index contributed by atoms with van der Waals surface area (Å²) >= 11 is 0. The van der Waals surface area contributed by atoms with Gasteiger partial charge in [-0.1, -0.05) is 51.1 Å². The Morgan fingerprint density at radius 3 is 2.55 bits per heavy atom. The van der Waals surface area contributed by atoms with Crippen LogP contribution < -0.4 is 5.73 Å². The molecule has 0 aromatic heterocycles. The second-order valence-corrected chi connectivity index (χ2v) is 7.60. The van der Waals surface area contributed by atoms with Crippen molar-refractivity contribution >= 4 is 5.91 Å². The van der Waals surface area contributed by atoms with Crippen molar-refractivity contribution in [1.29, 1.82) is 0 Å². The van der Waals surface area contributed by atoms with Crippen LogP contribution >= 0.6 is 0 Å². The topological polar surface area (TPSA) is 46.3 Å². The first-order chi connectivity index (χ1) is 10.4. The van der Waals surface area contributed by atoms with Gasteiger partial charge in [-0.05, 0) is 36.2 Å². The van der Waals surface area contributed by atoms with E-state index in [4.69, 9.17) is 5.73 Å². The molecule has 0 bridgehead atoms. The average Bonchev–Trinajstić information content (AvgIpc) is 2.73. The molecule has 1 amide bonds. The van der Waals surface area contributed by atoms with Gasteiger partial charge in [-0.15, -0.1) is 0 Å². The highest BCUT2D eigenvalue weighted by atomic mass is 16.2. The molecule has 1 heterocycles. The van der Waals surface area contributed by atoms with Crippen LogP contribution in [0.25, 0.3) is 0 Å². The summed E-state index contributed by atoms with van der Waals surface area (Å²) in [5, 5.41) is 0. The number of rotatable bonds is 3. The number of hydrogen-bond acceptors (Lipinski definition) is 2. The van der Waals surface area contributed by atoms with Crippen molar-refractivity contribution < 1.29 is 4.79 Å². The van der Waals surface area contributed by atoms with Crippen molar-refractivity contribution in [3.8, 4) is 0 Å². The van der Waals surface area contributed by atoms with Gasteiger partial charge in [0.1, 0.15) is 0 Å². The zero-order valence-corrected chi connectivity index (χ0v) is 14.2. The number of amides is 1. The largest absolute Gasteiger partial charge is 0.343 e. The van der Waals surface area contributed by atoms with Gasteiger partial charge >= 0.3 is 0 Å². The van der Waals surface area contributed by atoms with Crippen LogP contribution in [-0.2, 0) is 4.79 Å².